The molecule has 12 rings (SSSR count). The number of nitrogens with zero attached hydrogens (tertiary/aromatic N) is 4. The fraction of sp³-hybridized carbons (Fsp3) is 0.192. The minimum Gasteiger partial charge on any atom is -0.457 e. The molecule has 1 aliphatic rings. The molecule has 0 N–H and O–H groups in total. The molecule has 11 aromatic rings. The number of anilines is 4. The van der Waals surface area contributed by atoms with Crippen LogP contribution in [0.2, 0.25) is 0 Å². The molecule has 5 heteroatoms. The lowest BCUT2D eigenvalue weighted by Gasteiger charge is -2.31. The Kier molecular flexibility index (Phi) is 11.6. The number of hydrogen-bond donors (Lipinski definition) is 0. The van der Waals surface area contributed by atoms with E-state index in [1.165, 1.54) is 50.1 Å². The maximum atomic E-state index is 8.73. The largest absolute Gasteiger partial charge is 0.457 e. The topological polar surface area (TPSA) is 33.5 Å². The first-order chi connectivity index (χ1) is 38.7. The van der Waals surface area contributed by atoms with Crippen LogP contribution in [0.3, 0.4) is 0 Å². The Morgan fingerprint density at radius 2 is 1.05 bits per heavy atom. The van der Waals surface area contributed by atoms with E-state index in [2.05, 4.69) is 240 Å². The van der Waals surface area contributed by atoms with Gasteiger partial charge in [-0.2, -0.15) is 0 Å². The van der Waals surface area contributed by atoms with Crippen molar-refractivity contribution in [2.75, 3.05) is 16.5 Å². The van der Waals surface area contributed by atoms with Crippen LogP contribution in [0.4, 0.5) is 22.7 Å². The van der Waals surface area contributed by atoms with Gasteiger partial charge in [0.1, 0.15) is 24.0 Å². The summed E-state index contributed by atoms with van der Waals surface area (Å²) in [6.07, 6.45) is 1.71. The van der Waals surface area contributed by atoms with Crippen molar-refractivity contribution in [2.24, 2.45) is 0 Å². The predicted molar refractivity (Wildman–Crippen MR) is 330 cm³/mol. The smallest absolute Gasteiger partial charge is 0.137 e. The number of fused-ring (bicyclic) bond motifs is 4. The summed E-state index contributed by atoms with van der Waals surface area (Å²) >= 11 is 0. The van der Waals surface area contributed by atoms with Crippen LogP contribution in [0, 0.1) is 6.85 Å². The second-order valence-corrected chi connectivity index (χ2v) is 23.9. The number of pyridine rings is 1. The van der Waals surface area contributed by atoms with Crippen LogP contribution < -0.4 is 14.5 Å². The molecule has 0 saturated carbocycles. The van der Waals surface area contributed by atoms with Crippen molar-refractivity contribution in [2.45, 2.75) is 85.4 Å². The standard InChI is InChI=1S/C73H68N4O/c1-48-42-69(74-46-62(48)50-34-37-52(38-35-50)71(2,3)4)77-65-31-17-15-27-58(65)59-41-39-55(45-68(59)77)78-54-25-20-24-53(44-54)75-47-76(67-33-19-18-32-66(67)75)70-60(56-26-14-16-30-63(56)72(5,6)7)28-21-29-61(70)57-40-36-51(43-64(57)73(8,9)10)49-22-12-11-13-23-49/h11-46H,47H2,1-10H3/i1D3. The van der Waals surface area contributed by atoms with Gasteiger partial charge in [-0.05, 0) is 122 Å². The molecule has 0 fully saturated rings. The van der Waals surface area contributed by atoms with E-state index in [0.29, 0.717) is 29.5 Å². The first-order valence-electron chi connectivity index (χ1n) is 28.7. The van der Waals surface area contributed by atoms with Crippen LogP contribution in [0.25, 0.3) is 72.1 Å². The zero-order valence-corrected chi connectivity index (χ0v) is 46.2. The second-order valence-electron chi connectivity index (χ2n) is 23.9. The lowest BCUT2D eigenvalue weighted by molar-refractivity contribution is 0.483. The van der Waals surface area contributed by atoms with E-state index in [9.17, 15) is 0 Å². The first kappa shape index (κ1) is 46.6. The van der Waals surface area contributed by atoms with Gasteiger partial charge in [0, 0.05) is 55.6 Å². The monoisotopic (exact) mass is 1020 g/mol. The number of rotatable bonds is 9. The summed E-state index contributed by atoms with van der Waals surface area (Å²) in [6, 6.07) is 74.8. The molecule has 0 aliphatic carbocycles. The Balaban J connectivity index is 0.940. The van der Waals surface area contributed by atoms with Gasteiger partial charge in [0.25, 0.3) is 0 Å². The molecule has 0 unspecified atom stereocenters. The van der Waals surface area contributed by atoms with Crippen molar-refractivity contribution in [1.29, 1.82) is 0 Å². The van der Waals surface area contributed by atoms with Crippen molar-refractivity contribution < 1.29 is 8.85 Å². The maximum Gasteiger partial charge on any atom is 0.137 e. The fourth-order valence-corrected chi connectivity index (χ4v) is 11.5. The molecule has 1 aliphatic heterocycles. The molecule has 3 heterocycles. The third-order valence-electron chi connectivity index (χ3n) is 15.5. The zero-order chi connectivity index (χ0) is 56.6. The molecule has 0 spiro atoms. The van der Waals surface area contributed by atoms with Gasteiger partial charge in [0.15, 0.2) is 0 Å². The molecule has 0 saturated heterocycles. The number of benzene rings is 9. The van der Waals surface area contributed by atoms with Gasteiger partial charge in [-0.3, -0.25) is 4.57 Å². The molecule has 0 bridgehead atoms. The highest BCUT2D eigenvalue weighted by Crippen LogP contribution is 2.53. The molecule has 0 radical (unpaired) electrons. The number of hydrogen-bond acceptors (Lipinski definition) is 4. The zero-order valence-electron chi connectivity index (χ0n) is 49.2. The number of aryl methyl sites for hydroxylation is 1. The minimum atomic E-state index is -2.39. The average molecular weight is 1020 g/mol. The summed E-state index contributed by atoms with van der Waals surface area (Å²) in [7, 11) is 0. The Hall–Kier alpha value is -8.67. The molecule has 9 aromatic carbocycles. The molecule has 0 atom stereocenters. The lowest BCUT2D eigenvalue weighted by Crippen LogP contribution is -2.25. The highest BCUT2D eigenvalue weighted by molar-refractivity contribution is 6.09. The summed E-state index contributed by atoms with van der Waals surface area (Å²) in [5, 5.41) is 2.04. The van der Waals surface area contributed by atoms with E-state index in [1.54, 1.807) is 12.3 Å². The van der Waals surface area contributed by atoms with Crippen LogP contribution in [0.5, 0.6) is 11.5 Å². The van der Waals surface area contributed by atoms with Gasteiger partial charge >= 0.3 is 0 Å². The highest BCUT2D eigenvalue weighted by Gasteiger charge is 2.34. The van der Waals surface area contributed by atoms with Gasteiger partial charge in [-0.1, -0.05) is 214 Å². The number of para-hydroxylation sites is 4. The van der Waals surface area contributed by atoms with Crippen molar-refractivity contribution in [3.63, 3.8) is 0 Å². The van der Waals surface area contributed by atoms with Crippen LogP contribution >= 0.6 is 0 Å². The van der Waals surface area contributed by atoms with Crippen LogP contribution in [0.1, 0.15) is 88.7 Å². The normalized spacial score (nSPS) is 13.6. The van der Waals surface area contributed by atoms with Crippen molar-refractivity contribution in [1.82, 2.24) is 9.55 Å². The number of aromatic nitrogens is 2. The molecular weight excluding hydrogens is 949 g/mol. The van der Waals surface area contributed by atoms with Crippen molar-refractivity contribution in [3.8, 4) is 61.8 Å². The van der Waals surface area contributed by atoms with Crippen LogP contribution in [0.15, 0.2) is 219 Å². The molecule has 78 heavy (non-hydrogen) atoms. The molecule has 5 nitrogen and oxygen atoms in total. The van der Waals surface area contributed by atoms with Gasteiger partial charge in [0.05, 0.1) is 28.1 Å². The van der Waals surface area contributed by atoms with Crippen molar-refractivity contribution in [3.05, 3.63) is 241 Å². The molecule has 2 aromatic heterocycles. The van der Waals surface area contributed by atoms with E-state index in [-0.39, 0.29) is 21.8 Å². The molecular formula is C73H68N4O. The minimum absolute atomic E-state index is 0.0364. The Bertz CT molecular complexity index is 4170. The van der Waals surface area contributed by atoms with E-state index in [0.717, 1.165) is 50.1 Å². The third kappa shape index (κ3) is 9.21. The summed E-state index contributed by atoms with van der Waals surface area (Å²) < 4.78 is 35.1. The maximum absolute atomic E-state index is 8.73. The van der Waals surface area contributed by atoms with E-state index in [1.807, 2.05) is 42.5 Å². The van der Waals surface area contributed by atoms with Gasteiger partial charge in [0.2, 0.25) is 0 Å². The summed E-state index contributed by atoms with van der Waals surface area (Å²) in [6.45, 7) is 18.5. The van der Waals surface area contributed by atoms with E-state index < -0.39 is 6.85 Å². The van der Waals surface area contributed by atoms with Crippen LogP contribution in [-0.2, 0) is 16.2 Å². The lowest BCUT2D eigenvalue weighted by atomic mass is 9.78. The van der Waals surface area contributed by atoms with E-state index in [4.69, 9.17) is 13.8 Å². The van der Waals surface area contributed by atoms with Gasteiger partial charge in [-0.25, -0.2) is 4.98 Å². The predicted octanol–water partition coefficient (Wildman–Crippen LogP) is 20.1. The fourth-order valence-electron chi connectivity index (χ4n) is 11.5. The summed E-state index contributed by atoms with van der Waals surface area (Å²) in [5.74, 6) is 1.84. The summed E-state index contributed by atoms with van der Waals surface area (Å²) in [5.41, 5.74) is 18.4. The Labute approximate surface area is 465 Å². The van der Waals surface area contributed by atoms with E-state index >= 15 is 0 Å². The molecule has 0 amide bonds. The quantitative estimate of drug-likeness (QED) is 0.144. The highest BCUT2D eigenvalue weighted by atomic mass is 16.5. The Morgan fingerprint density at radius 1 is 0.436 bits per heavy atom. The van der Waals surface area contributed by atoms with Gasteiger partial charge in [-0.15, -0.1) is 0 Å². The number of ether oxygens (including phenoxy) is 1. The third-order valence-corrected chi connectivity index (χ3v) is 15.5. The van der Waals surface area contributed by atoms with Crippen molar-refractivity contribution >= 4 is 44.6 Å². The average Bonchev–Trinajstić information content (AvgIpc) is 4.17. The van der Waals surface area contributed by atoms with Gasteiger partial charge < -0.3 is 14.5 Å². The Morgan fingerprint density at radius 3 is 1.78 bits per heavy atom. The summed E-state index contributed by atoms with van der Waals surface area (Å²) in [4.78, 5) is 9.91. The molecule has 386 valence electrons. The van der Waals surface area contributed by atoms with Crippen LogP contribution in [-0.4, -0.2) is 16.2 Å². The second kappa shape index (κ2) is 19.4. The SMILES string of the molecule is [2H]C([2H])([2H])c1cc(-n2c3ccccc3c3ccc(Oc4cccc(N5CN(c6c(-c7ccccc7C(C)(C)C)cccc6-c6ccc(-c7ccccc7)cc6C(C)(C)C)c6ccccc65)c4)cc32)ncc1-c1ccc(C(C)(C)C)cc1. The first-order valence-corrected chi connectivity index (χ1v) is 27.2.